The van der Waals surface area contributed by atoms with Crippen LogP contribution in [0.15, 0.2) is 83.1 Å². The molecule has 1 aromatic heterocycles. The lowest BCUT2D eigenvalue weighted by Gasteiger charge is -2.11. The molecular formula is C20H16N2O4. The molecular weight excluding hydrogens is 332 g/mol. The summed E-state index contributed by atoms with van der Waals surface area (Å²) in [6, 6.07) is 17.9. The number of hydrogen-bond acceptors (Lipinski definition) is 4. The van der Waals surface area contributed by atoms with E-state index in [1.807, 2.05) is 0 Å². The van der Waals surface area contributed by atoms with Crippen molar-refractivity contribution in [2.45, 2.75) is 0 Å². The van der Waals surface area contributed by atoms with Gasteiger partial charge in [0.25, 0.3) is 11.8 Å². The molecule has 0 bridgehead atoms. The average Bonchev–Trinajstić information content (AvgIpc) is 3.17. The van der Waals surface area contributed by atoms with Crippen molar-refractivity contribution >= 4 is 23.6 Å². The number of phenols is 1. The number of carbonyl (C=O) groups is 2. The molecule has 0 aliphatic carbocycles. The summed E-state index contributed by atoms with van der Waals surface area (Å²) in [6.45, 7) is 0. The number of hydrogen-bond donors (Lipinski definition) is 3. The summed E-state index contributed by atoms with van der Waals surface area (Å²) in [5.74, 6) is -0.415. The van der Waals surface area contributed by atoms with E-state index in [-0.39, 0.29) is 11.4 Å². The molecule has 3 rings (SSSR count). The second-order valence-corrected chi connectivity index (χ2v) is 5.39. The maximum Gasteiger partial charge on any atom is 0.272 e. The van der Waals surface area contributed by atoms with E-state index in [2.05, 4.69) is 10.6 Å². The fourth-order valence-corrected chi connectivity index (χ4v) is 2.20. The number of rotatable bonds is 5. The van der Waals surface area contributed by atoms with Gasteiger partial charge in [-0.1, -0.05) is 18.2 Å². The monoisotopic (exact) mass is 348 g/mol. The molecule has 2 aromatic carbocycles. The Morgan fingerprint density at radius 1 is 0.923 bits per heavy atom. The maximum absolute atomic E-state index is 12.6. The van der Waals surface area contributed by atoms with Crippen molar-refractivity contribution in [2.24, 2.45) is 0 Å². The second-order valence-electron chi connectivity index (χ2n) is 5.39. The van der Waals surface area contributed by atoms with Crippen molar-refractivity contribution in [3.63, 3.8) is 0 Å². The summed E-state index contributed by atoms with van der Waals surface area (Å²) >= 11 is 0. The lowest BCUT2D eigenvalue weighted by atomic mass is 10.2. The predicted molar refractivity (Wildman–Crippen MR) is 97.3 cm³/mol. The third-order valence-corrected chi connectivity index (χ3v) is 3.48. The zero-order valence-electron chi connectivity index (χ0n) is 13.7. The Hall–Kier alpha value is -3.80. The van der Waals surface area contributed by atoms with Crippen LogP contribution >= 0.6 is 0 Å². The Kier molecular flexibility index (Phi) is 5.14. The van der Waals surface area contributed by atoms with Gasteiger partial charge >= 0.3 is 0 Å². The summed E-state index contributed by atoms with van der Waals surface area (Å²) in [5, 5.41) is 14.6. The van der Waals surface area contributed by atoms with Crippen LogP contribution in [0.4, 0.5) is 5.69 Å². The van der Waals surface area contributed by atoms with Gasteiger partial charge in [0.1, 0.15) is 17.2 Å². The van der Waals surface area contributed by atoms with E-state index in [1.54, 1.807) is 54.6 Å². The number of phenolic OH excluding ortho intramolecular Hbond substituents is 1. The van der Waals surface area contributed by atoms with Crippen molar-refractivity contribution in [1.82, 2.24) is 5.32 Å². The first kappa shape index (κ1) is 17.0. The smallest absolute Gasteiger partial charge is 0.272 e. The topological polar surface area (TPSA) is 91.6 Å². The molecule has 0 fully saturated rings. The van der Waals surface area contributed by atoms with Gasteiger partial charge in [-0.05, 0) is 48.5 Å². The molecule has 26 heavy (non-hydrogen) atoms. The standard InChI is InChI=1S/C20H16N2O4/c23-16-10-8-15(9-11-16)21-20(25)18(13-17-7-4-12-26-17)22-19(24)14-5-2-1-3-6-14/h1-13,23H,(H,21,25)(H,22,24)/b18-13+. The van der Waals surface area contributed by atoms with Crippen LogP contribution in [0, 0.1) is 0 Å². The normalized spacial score (nSPS) is 11.0. The number of carbonyl (C=O) groups excluding carboxylic acids is 2. The Bertz CT molecular complexity index is 914. The van der Waals surface area contributed by atoms with Gasteiger partial charge in [0.05, 0.1) is 6.26 Å². The number of anilines is 1. The highest BCUT2D eigenvalue weighted by molar-refractivity contribution is 6.10. The van der Waals surface area contributed by atoms with Gasteiger partial charge in [0.2, 0.25) is 0 Å². The van der Waals surface area contributed by atoms with Crippen LogP contribution in [0.2, 0.25) is 0 Å². The van der Waals surface area contributed by atoms with Crippen LogP contribution in [-0.2, 0) is 4.79 Å². The molecule has 0 aliphatic rings. The van der Waals surface area contributed by atoms with Crippen LogP contribution in [-0.4, -0.2) is 16.9 Å². The van der Waals surface area contributed by atoms with Gasteiger partial charge < -0.3 is 20.2 Å². The number of amides is 2. The van der Waals surface area contributed by atoms with Crippen LogP contribution in [0.1, 0.15) is 16.1 Å². The Labute approximate surface area is 149 Å². The van der Waals surface area contributed by atoms with Crippen LogP contribution in [0.5, 0.6) is 5.75 Å². The molecule has 0 saturated carbocycles. The molecule has 130 valence electrons. The number of benzene rings is 2. The van der Waals surface area contributed by atoms with Crippen molar-refractivity contribution < 1.29 is 19.1 Å². The van der Waals surface area contributed by atoms with E-state index in [4.69, 9.17) is 4.42 Å². The van der Waals surface area contributed by atoms with E-state index >= 15 is 0 Å². The summed E-state index contributed by atoms with van der Waals surface area (Å²) < 4.78 is 5.23. The molecule has 0 spiro atoms. The summed E-state index contributed by atoms with van der Waals surface area (Å²) in [5.41, 5.74) is 0.935. The molecule has 0 unspecified atom stereocenters. The molecule has 0 saturated heterocycles. The zero-order chi connectivity index (χ0) is 18.4. The van der Waals surface area contributed by atoms with Gasteiger partial charge in [-0.2, -0.15) is 0 Å². The van der Waals surface area contributed by atoms with E-state index in [9.17, 15) is 14.7 Å². The van der Waals surface area contributed by atoms with Crippen LogP contribution in [0.3, 0.4) is 0 Å². The van der Waals surface area contributed by atoms with E-state index < -0.39 is 11.8 Å². The Balaban J connectivity index is 1.82. The Morgan fingerprint density at radius 3 is 2.31 bits per heavy atom. The number of nitrogens with one attached hydrogen (secondary N) is 2. The van der Waals surface area contributed by atoms with Gasteiger partial charge in [0, 0.05) is 17.3 Å². The average molecular weight is 348 g/mol. The zero-order valence-corrected chi connectivity index (χ0v) is 13.7. The van der Waals surface area contributed by atoms with Crippen LogP contribution in [0.25, 0.3) is 6.08 Å². The lowest BCUT2D eigenvalue weighted by Crippen LogP contribution is -2.30. The first-order valence-corrected chi connectivity index (χ1v) is 7.84. The summed E-state index contributed by atoms with van der Waals surface area (Å²) in [6.07, 6.45) is 2.91. The number of furan rings is 1. The first-order chi connectivity index (χ1) is 12.6. The minimum Gasteiger partial charge on any atom is -0.508 e. The molecule has 3 N–H and O–H groups in total. The highest BCUT2D eigenvalue weighted by Crippen LogP contribution is 2.15. The van der Waals surface area contributed by atoms with Gasteiger partial charge in [0.15, 0.2) is 0 Å². The van der Waals surface area contributed by atoms with Crippen molar-refractivity contribution in [2.75, 3.05) is 5.32 Å². The molecule has 1 heterocycles. The molecule has 2 amide bonds. The van der Waals surface area contributed by atoms with E-state index in [1.165, 1.54) is 24.5 Å². The van der Waals surface area contributed by atoms with Crippen molar-refractivity contribution in [1.29, 1.82) is 0 Å². The van der Waals surface area contributed by atoms with Crippen molar-refractivity contribution in [3.8, 4) is 5.75 Å². The summed E-state index contributed by atoms with van der Waals surface area (Å²) in [4.78, 5) is 25.0. The van der Waals surface area contributed by atoms with Crippen molar-refractivity contribution in [3.05, 3.63) is 90.0 Å². The highest BCUT2D eigenvalue weighted by Gasteiger charge is 2.15. The van der Waals surface area contributed by atoms with Gasteiger partial charge in [-0.3, -0.25) is 9.59 Å². The molecule has 0 atom stereocenters. The van der Waals surface area contributed by atoms with Gasteiger partial charge in [-0.15, -0.1) is 0 Å². The van der Waals surface area contributed by atoms with E-state index in [0.717, 1.165) is 0 Å². The molecule has 3 aromatic rings. The molecule has 6 heteroatoms. The first-order valence-electron chi connectivity index (χ1n) is 7.84. The van der Waals surface area contributed by atoms with Crippen LogP contribution < -0.4 is 10.6 Å². The van der Waals surface area contributed by atoms with E-state index in [0.29, 0.717) is 17.0 Å². The lowest BCUT2D eigenvalue weighted by molar-refractivity contribution is -0.113. The molecule has 0 radical (unpaired) electrons. The summed E-state index contributed by atoms with van der Waals surface area (Å²) in [7, 11) is 0. The largest absolute Gasteiger partial charge is 0.508 e. The highest BCUT2D eigenvalue weighted by atomic mass is 16.3. The predicted octanol–water partition coefficient (Wildman–Crippen LogP) is 3.39. The SMILES string of the molecule is O=C(Nc1ccc(O)cc1)/C(=C\c1ccco1)NC(=O)c1ccccc1. The minimum absolute atomic E-state index is 0.0295. The minimum atomic E-state index is -0.517. The third-order valence-electron chi connectivity index (χ3n) is 3.48. The third kappa shape index (κ3) is 4.39. The fourth-order valence-electron chi connectivity index (χ4n) is 2.20. The quantitative estimate of drug-likeness (QED) is 0.487. The second kappa shape index (κ2) is 7.85. The molecule has 6 nitrogen and oxygen atoms in total. The number of aromatic hydroxyl groups is 1. The maximum atomic E-state index is 12.6. The Morgan fingerprint density at radius 2 is 1.65 bits per heavy atom. The van der Waals surface area contributed by atoms with Gasteiger partial charge in [-0.25, -0.2) is 0 Å². The fraction of sp³-hybridized carbons (Fsp3) is 0. The molecule has 0 aliphatic heterocycles.